The van der Waals surface area contributed by atoms with Crippen molar-refractivity contribution < 1.29 is 14.0 Å². The van der Waals surface area contributed by atoms with E-state index in [0.717, 1.165) is 31.2 Å². The molecule has 1 N–H and O–H groups in total. The van der Waals surface area contributed by atoms with Crippen LogP contribution in [0.2, 0.25) is 5.02 Å². The van der Waals surface area contributed by atoms with Crippen molar-refractivity contribution in [2.24, 2.45) is 0 Å². The smallest absolute Gasteiger partial charge is 0.242 e. The van der Waals surface area contributed by atoms with E-state index in [1.165, 1.54) is 12.1 Å². The lowest BCUT2D eigenvalue weighted by Gasteiger charge is -2.30. The van der Waals surface area contributed by atoms with Gasteiger partial charge in [0, 0.05) is 17.6 Å². The molecule has 4 nitrogen and oxygen atoms in total. The number of nitrogens with zero attached hydrogens (tertiary/aromatic N) is 1. The van der Waals surface area contributed by atoms with Gasteiger partial charge in [-0.1, -0.05) is 54.8 Å². The Morgan fingerprint density at radius 3 is 2.45 bits per heavy atom. The molecule has 0 heterocycles. The number of hydrogen-bond donors (Lipinski definition) is 1. The fraction of sp³-hybridized carbons (Fsp3) is 0.391. The van der Waals surface area contributed by atoms with Gasteiger partial charge in [0.25, 0.3) is 0 Å². The third-order valence-corrected chi connectivity index (χ3v) is 5.80. The van der Waals surface area contributed by atoms with Crippen LogP contribution < -0.4 is 5.32 Å². The minimum absolute atomic E-state index is 0.0991. The Morgan fingerprint density at radius 1 is 1.14 bits per heavy atom. The van der Waals surface area contributed by atoms with Gasteiger partial charge in [-0.3, -0.25) is 9.59 Å². The maximum atomic E-state index is 13.3. The maximum Gasteiger partial charge on any atom is 0.242 e. The summed E-state index contributed by atoms with van der Waals surface area (Å²) in [5.41, 5.74) is 1.48. The van der Waals surface area contributed by atoms with Crippen molar-refractivity contribution in [1.29, 1.82) is 0 Å². The molecule has 1 saturated carbocycles. The molecule has 0 spiro atoms. The quantitative estimate of drug-likeness (QED) is 0.722. The Bertz CT molecular complexity index is 850. The molecule has 0 saturated heterocycles. The number of halogens is 2. The number of carbonyl (C=O) groups is 2. The average Bonchev–Trinajstić information content (AvgIpc) is 3.21. The van der Waals surface area contributed by atoms with Gasteiger partial charge < -0.3 is 10.2 Å². The predicted octanol–water partition coefficient (Wildman–Crippen LogP) is 4.50. The van der Waals surface area contributed by atoms with E-state index in [9.17, 15) is 14.0 Å². The Hall–Kier alpha value is -2.40. The highest BCUT2D eigenvalue weighted by molar-refractivity contribution is 6.31. The molecule has 6 heteroatoms. The number of amides is 2. The number of benzene rings is 2. The summed E-state index contributed by atoms with van der Waals surface area (Å²) in [6.45, 7) is 1.96. The Balaban J connectivity index is 1.77. The highest BCUT2D eigenvalue weighted by atomic mass is 35.5. The third-order valence-electron chi connectivity index (χ3n) is 5.43. The predicted molar refractivity (Wildman–Crippen MR) is 112 cm³/mol. The van der Waals surface area contributed by atoms with Crippen molar-refractivity contribution in [3.05, 3.63) is 70.5 Å². The van der Waals surface area contributed by atoms with Gasteiger partial charge in [0.1, 0.15) is 11.9 Å². The summed E-state index contributed by atoms with van der Waals surface area (Å²) in [6.07, 6.45) is 4.28. The van der Waals surface area contributed by atoms with Gasteiger partial charge in [0.05, 0.1) is 6.42 Å². The van der Waals surface area contributed by atoms with Gasteiger partial charge in [-0.25, -0.2) is 4.39 Å². The first-order chi connectivity index (χ1) is 13.9. The minimum Gasteiger partial charge on any atom is -0.352 e. The summed E-state index contributed by atoms with van der Waals surface area (Å²) in [4.78, 5) is 27.5. The van der Waals surface area contributed by atoms with E-state index in [4.69, 9.17) is 11.6 Å². The summed E-state index contributed by atoms with van der Waals surface area (Å²) in [5.74, 6) is -0.697. The Morgan fingerprint density at radius 2 is 1.79 bits per heavy atom. The first-order valence-corrected chi connectivity index (χ1v) is 10.4. The van der Waals surface area contributed by atoms with Gasteiger partial charge in [0.15, 0.2) is 0 Å². The second-order valence-corrected chi connectivity index (χ2v) is 7.99. The second-order valence-electron chi connectivity index (χ2n) is 7.58. The van der Waals surface area contributed by atoms with Crippen LogP contribution in [0.4, 0.5) is 4.39 Å². The van der Waals surface area contributed by atoms with Gasteiger partial charge in [-0.05, 0) is 49.1 Å². The zero-order valence-corrected chi connectivity index (χ0v) is 17.3. The van der Waals surface area contributed by atoms with E-state index in [1.54, 1.807) is 36.1 Å². The van der Waals surface area contributed by atoms with Crippen LogP contribution in [0, 0.1) is 5.82 Å². The zero-order chi connectivity index (χ0) is 20.8. The SMILES string of the molecule is CC(C(=O)NC1CCCC1)N(Cc1ccc(F)cc1)C(=O)Cc1ccccc1Cl. The van der Waals surface area contributed by atoms with Gasteiger partial charge in [0.2, 0.25) is 11.8 Å². The highest BCUT2D eigenvalue weighted by Crippen LogP contribution is 2.20. The first kappa shape index (κ1) is 21.3. The molecule has 3 rings (SSSR count). The zero-order valence-electron chi connectivity index (χ0n) is 16.5. The van der Waals surface area contributed by atoms with E-state index in [1.807, 2.05) is 12.1 Å². The van der Waals surface area contributed by atoms with Crippen molar-refractivity contribution in [3.63, 3.8) is 0 Å². The third kappa shape index (κ3) is 5.80. The highest BCUT2D eigenvalue weighted by Gasteiger charge is 2.28. The van der Waals surface area contributed by atoms with E-state index < -0.39 is 6.04 Å². The molecule has 1 unspecified atom stereocenters. The van der Waals surface area contributed by atoms with Crippen molar-refractivity contribution in [3.8, 4) is 0 Å². The molecule has 2 aromatic carbocycles. The molecule has 0 bridgehead atoms. The van der Waals surface area contributed by atoms with Gasteiger partial charge in [-0.15, -0.1) is 0 Å². The van der Waals surface area contributed by atoms with Crippen LogP contribution in [0.3, 0.4) is 0 Å². The van der Waals surface area contributed by atoms with Crippen molar-refractivity contribution >= 4 is 23.4 Å². The Labute approximate surface area is 176 Å². The van der Waals surface area contributed by atoms with Crippen LogP contribution in [0.25, 0.3) is 0 Å². The van der Waals surface area contributed by atoms with Crippen LogP contribution in [-0.2, 0) is 22.6 Å². The molecule has 2 aromatic rings. The molecule has 0 aromatic heterocycles. The minimum atomic E-state index is -0.643. The maximum absolute atomic E-state index is 13.3. The molecule has 1 fully saturated rings. The second kappa shape index (κ2) is 9.88. The lowest BCUT2D eigenvalue weighted by atomic mass is 10.1. The van der Waals surface area contributed by atoms with Crippen LogP contribution in [0.1, 0.15) is 43.7 Å². The van der Waals surface area contributed by atoms with Crippen LogP contribution in [-0.4, -0.2) is 28.8 Å². The average molecular weight is 417 g/mol. The van der Waals surface area contributed by atoms with Crippen molar-refractivity contribution in [2.75, 3.05) is 0 Å². The molecular weight excluding hydrogens is 391 g/mol. The largest absolute Gasteiger partial charge is 0.352 e. The van der Waals surface area contributed by atoms with Crippen molar-refractivity contribution in [1.82, 2.24) is 10.2 Å². The molecule has 0 aliphatic heterocycles. The normalized spacial score (nSPS) is 15.1. The lowest BCUT2D eigenvalue weighted by molar-refractivity contribution is -0.140. The number of hydrogen-bond acceptors (Lipinski definition) is 2. The summed E-state index contributed by atoms with van der Waals surface area (Å²) >= 11 is 6.21. The first-order valence-electron chi connectivity index (χ1n) is 10.0. The van der Waals surface area contributed by atoms with E-state index >= 15 is 0 Å². The fourth-order valence-electron chi connectivity index (χ4n) is 3.67. The topological polar surface area (TPSA) is 49.4 Å². The molecule has 1 aliphatic carbocycles. The molecule has 1 aliphatic rings. The van der Waals surface area contributed by atoms with Gasteiger partial charge in [-0.2, -0.15) is 0 Å². The molecule has 154 valence electrons. The van der Waals surface area contributed by atoms with Crippen molar-refractivity contribution in [2.45, 2.75) is 57.7 Å². The summed E-state index contributed by atoms with van der Waals surface area (Å²) in [6, 6.07) is 12.7. The lowest BCUT2D eigenvalue weighted by Crippen LogP contribution is -2.50. The summed E-state index contributed by atoms with van der Waals surface area (Å²) in [5, 5.41) is 3.58. The molecular formula is C23H26ClFN2O2. The fourth-order valence-corrected chi connectivity index (χ4v) is 3.87. The van der Waals surface area contributed by atoms with E-state index in [-0.39, 0.29) is 36.6 Å². The monoisotopic (exact) mass is 416 g/mol. The van der Waals surface area contributed by atoms with Crippen LogP contribution >= 0.6 is 11.6 Å². The van der Waals surface area contributed by atoms with E-state index in [0.29, 0.717) is 10.6 Å². The molecule has 0 radical (unpaired) electrons. The van der Waals surface area contributed by atoms with Crippen LogP contribution in [0.5, 0.6) is 0 Å². The number of carbonyl (C=O) groups excluding carboxylic acids is 2. The van der Waals surface area contributed by atoms with Crippen LogP contribution in [0.15, 0.2) is 48.5 Å². The van der Waals surface area contributed by atoms with Gasteiger partial charge >= 0.3 is 0 Å². The molecule has 1 atom stereocenters. The Kier molecular flexibility index (Phi) is 7.26. The standard InChI is InChI=1S/C23H26ClFN2O2/c1-16(23(29)26-20-7-3-4-8-20)27(15-17-10-12-19(25)13-11-17)22(28)14-18-6-2-5-9-21(18)24/h2,5-6,9-13,16,20H,3-4,7-8,14-15H2,1H3,(H,26,29). The summed E-state index contributed by atoms with van der Waals surface area (Å²) < 4.78 is 13.3. The number of rotatable bonds is 7. The van der Waals surface area contributed by atoms with E-state index in [2.05, 4.69) is 5.32 Å². The number of nitrogens with one attached hydrogen (secondary N) is 1. The summed E-state index contributed by atoms with van der Waals surface area (Å²) in [7, 11) is 0. The molecule has 29 heavy (non-hydrogen) atoms. The molecule has 2 amide bonds.